The van der Waals surface area contributed by atoms with Crippen LogP contribution in [0, 0.1) is 0 Å². The zero-order chi connectivity index (χ0) is 6.41. The maximum atomic E-state index is 10.2. The highest BCUT2D eigenvalue weighted by atomic mass is 16.1. The Morgan fingerprint density at radius 1 is 1.88 bits per heavy atom. The second-order valence-electron chi connectivity index (χ2n) is 1.20. The van der Waals surface area contributed by atoms with Gasteiger partial charge < -0.3 is 10.1 Å². The van der Waals surface area contributed by atoms with Crippen molar-refractivity contribution in [1.82, 2.24) is 5.32 Å². The SMILES string of the molecule is CCNC(=O)[B]C=O. The first-order valence-corrected chi connectivity index (χ1v) is 2.37. The first-order valence-electron chi connectivity index (χ1n) is 2.37. The van der Waals surface area contributed by atoms with Gasteiger partial charge in [-0.15, -0.1) is 0 Å². The van der Waals surface area contributed by atoms with E-state index in [1.807, 2.05) is 0 Å². The van der Waals surface area contributed by atoms with Crippen molar-refractivity contribution in [2.75, 3.05) is 6.54 Å². The monoisotopic (exact) mass is 112 g/mol. The number of nitrogens with one attached hydrogen (secondary N) is 1. The molecule has 0 aliphatic heterocycles. The van der Waals surface area contributed by atoms with Crippen LogP contribution < -0.4 is 5.32 Å². The standard InChI is InChI=1S/C4H7BNO2/c1-2-6-4(8)5-3-7/h3H,2H2,1H3,(H,6,8). The largest absolute Gasteiger partial charge is 0.365 e. The van der Waals surface area contributed by atoms with Crippen molar-refractivity contribution in [3.05, 3.63) is 0 Å². The fraction of sp³-hybridized carbons (Fsp3) is 0.500. The van der Waals surface area contributed by atoms with Gasteiger partial charge in [0.05, 0.1) is 6.19 Å². The normalized spacial score (nSPS) is 7.62. The first kappa shape index (κ1) is 7.20. The van der Waals surface area contributed by atoms with E-state index in [1.165, 1.54) is 0 Å². The molecular weight excluding hydrogens is 105 g/mol. The summed E-state index contributed by atoms with van der Waals surface area (Å²) in [6.07, 6.45) is 0.463. The van der Waals surface area contributed by atoms with Crippen LogP contribution in [0.5, 0.6) is 0 Å². The van der Waals surface area contributed by atoms with Crippen LogP contribution in [-0.4, -0.2) is 25.8 Å². The number of carbonyl (C=O) groups is 2. The van der Waals surface area contributed by atoms with E-state index in [9.17, 15) is 9.59 Å². The molecule has 0 fully saturated rings. The third-order valence-corrected chi connectivity index (χ3v) is 0.570. The molecule has 4 heteroatoms. The van der Waals surface area contributed by atoms with E-state index in [1.54, 1.807) is 6.92 Å². The van der Waals surface area contributed by atoms with Crippen molar-refractivity contribution >= 4 is 19.3 Å². The van der Waals surface area contributed by atoms with Gasteiger partial charge in [0, 0.05) is 6.54 Å². The van der Waals surface area contributed by atoms with Gasteiger partial charge in [0.25, 0.3) is 0 Å². The maximum absolute atomic E-state index is 10.2. The Morgan fingerprint density at radius 3 is 2.88 bits per heavy atom. The van der Waals surface area contributed by atoms with Gasteiger partial charge in [-0.05, 0) is 6.92 Å². The highest BCUT2D eigenvalue weighted by Crippen LogP contribution is 1.61. The van der Waals surface area contributed by atoms with Crippen LogP contribution >= 0.6 is 0 Å². The smallest absolute Gasteiger partial charge is 0.315 e. The van der Waals surface area contributed by atoms with Crippen molar-refractivity contribution in [2.45, 2.75) is 6.92 Å². The molecule has 0 aliphatic rings. The molecule has 1 N–H and O–H groups in total. The van der Waals surface area contributed by atoms with Crippen LogP contribution in [-0.2, 0) is 4.79 Å². The molecule has 0 heterocycles. The lowest BCUT2D eigenvalue weighted by molar-refractivity contribution is 0.260. The Morgan fingerprint density at radius 2 is 2.50 bits per heavy atom. The maximum Gasteiger partial charge on any atom is 0.315 e. The lowest BCUT2D eigenvalue weighted by atomic mass is 9.80. The van der Waals surface area contributed by atoms with Gasteiger partial charge in [0.2, 0.25) is 0 Å². The summed E-state index contributed by atoms with van der Waals surface area (Å²) in [5, 5.41) is 2.42. The number of carbonyl (C=O) groups excluding carboxylic acids is 2. The minimum Gasteiger partial charge on any atom is -0.365 e. The van der Waals surface area contributed by atoms with E-state index >= 15 is 0 Å². The van der Waals surface area contributed by atoms with Gasteiger partial charge in [0.15, 0.2) is 5.81 Å². The highest BCUT2D eigenvalue weighted by Gasteiger charge is 1.97. The minimum atomic E-state index is -0.331. The first-order chi connectivity index (χ1) is 3.81. The Kier molecular flexibility index (Phi) is 3.93. The molecule has 0 aliphatic carbocycles. The summed E-state index contributed by atoms with van der Waals surface area (Å²) in [7, 11) is 0.948. The molecule has 0 saturated heterocycles. The van der Waals surface area contributed by atoms with E-state index in [0.29, 0.717) is 12.7 Å². The van der Waals surface area contributed by atoms with Crippen molar-refractivity contribution in [3.8, 4) is 0 Å². The molecule has 0 aromatic carbocycles. The van der Waals surface area contributed by atoms with Gasteiger partial charge in [-0.2, -0.15) is 0 Å². The number of amides is 1. The van der Waals surface area contributed by atoms with Crippen LogP contribution in [0.25, 0.3) is 0 Å². The molecule has 0 aromatic heterocycles. The van der Waals surface area contributed by atoms with Gasteiger partial charge >= 0.3 is 7.28 Å². The van der Waals surface area contributed by atoms with Crippen molar-refractivity contribution in [1.29, 1.82) is 0 Å². The predicted molar refractivity (Wildman–Crippen MR) is 31.6 cm³/mol. The van der Waals surface area contributed by atoms with Crippen LogP contribution in [0.1, 0.15) is 6.92 Å². The van der Waals surface area contributed by atoms with Gasteiger partial charge in [-0.1, -0.05) is 0 Å². The third-order valence-electron chi connectivity index (χ3n) is 0.570. The summed E-state index contributed by atoms with van der Waals surface area (Å²) >= 11 is 0. The van der Waals surface area contributed by atoms with Crippen LogP contribution in [0.15, 0.2) is 0 Å². The summed E-state index contributed by atoms with van der Waals surface area (Å²) in [5.41, 5.74) is 0. The average Bonchev–Trinajstić information content (AvgIpc) is 1.68. The lowest BCUT2D eigenvalue weighted by Crippen LogP contribution is -2.27. The van der Waals surface area contributed by atoms with Gasteiger partial charge in [-0.25, -0.2) is 0 Å². The Hall–Kier alpha value is -0.795. The molecule has 3 nitrogen and oxygen atoms in total. The third kappa shape index (κ3) is 3.40. The molecule has 0 aromatic rings. The summed E-state index contributed by atoms with van der Waals surface area (Å²) in [6.45, 7) is 2.35. The molecule has 0 saturated carbocycles. The van der Waals surface area contributed by atoms with Gasteiger partial charge in [0.1, 0.15) is 0 Å². The molecule has 0 unspecified atom stereocenters. The summed E-state index contributed by atoms with van der Waals surface area (Å²) in [6, 6.07) is 0. The van der Waals surface area contributed by atoms with E-state index in [4.69, 9.17) is 0 Å². The van der Waals surface area contributed by atoms with Crippen molar-refractivity contribution in [2.24, 2.45) is 0 Å². The number of hydrogen-bond donors (Lipinski definition) is 1. The Bertz CT molecular complexity index is 94.0. The molecule has 8 heavy (non-hydrogen) atoms. The zero-order valence-corrected chi connectivity index (χ0v) is 4.68. The molecule has 1 radical (unpaired) electrons. The summed E-state index contributed by atoms with van der Waals surface area (Å²) in [5.74, 6) is -0.331. The van der Waals surface area contributed by atoms with Crippen LogP contribution in [0.2, 0.25) is 0 Å². The Labute approximate surface area is 48.7 Å². The summed E-state index contributed by atoms with van der Waals surface area (Å²) < 4.78 is 0. The van der Waals surface area contributed by atoms with E-state index < -0.39 is 0 Å². The highest BCUT2D eigenvalue weighted by molar-refractivity contribution is 6.92. The topological polar surface area (TPSA) is 46.2 Å². The molecule has 0 spiro atoms. The fourth-order valence-electron chi connectivity index (χ4n) is 0.295. The molecular formula is C4H7BNO2. The van der Waals surface area contributed by atoms with Crippen molar-refractivity contribution < 1.29 is 9.59 Å². The summed E-state index contributed by atoms with van der Waals surface area (Å²) in [4.78, 5) is 19.8. The number of hydrogen-bond acceptors (Lipinski definition) is 2. The Balaban J connectivity index is 3.18. The predicted octanol–water partition coefficient (Wildman–Crippen LogP) is -0.390. The molecule has 43 valence electrons. The zero-order valence-electron chi connectivity index (χ0n) is 4.68. The van der Waals surface area contributed by atoms with Crippen LogP contribution in [0.4, 0.5) is 4.79 Å². The van der Waals surface area contributed by atoms with E-state index in [0.717, 1.165) is 7.28 Å². The number of rotatable bonds is 3. The molecule has 0 atom stereocenters. The van der Waals surface area contributed by atoms with E-state index in [-0.39, 0.29) is 5.81 Å². The second-order valence-corrected chi connectivity index (χ2v) is 1.20. The fourth-order valence-corrected chi connectivity index (χ4v) is 0.295. The molecule has 0 rings (SSSR count). The molecule has 0 bridgehead atoms. The van der Waals surface area contributed by atoms with Gasteiger partial charge in [-0.3, -0.25) is 4.79 Å². The van der Waals surface area contributed by atoms with E-state index in [2.05, 4.69) is 5.32 Å². The van der Waals surface area contributed by atoms with Crippen LogP contribution in [0.3, 0.4) is 0 Å². The minimum absolute atomic E-state index is 0.331. The quantitative estimate of drug-likeness (QED) is 0.399. The second kappa shape index (κ2) is 4.37. The molecule has 1 amide bonds. The average molecular weight is 112 g/mol. The lowest BCUT2D eigenvalue weighted by Gasteiger charge is -1.92. The van der Waals surface area contributed by atoms with Crippen molar-refractivity contribution in [3.63, 3.8) is 0 Å².